The molecule has 0 bridgehead atoms. The highest BCUT2D eigenvalue weighted by atomic mass is 127. The van der Waals surface area contributed by atoms with Gasteiger partial charge < -0.3 is 10.6 Å². The first kappa shape index (κ1) is 23.6. The minimum absolute atomic E-state index is 0. The van der Waals surface area contributed by atoms with Crippen molar-refractivity contribution in [1.82, 2.24) is 15.5 Å². The van der Waals surface area contributed by atoms with Gasteiger partial charge in [-0.3, -0.25) is 15.0 Å². The van der Waals surface area contributed by atoms with Crippen molar-refractivity contribution in [2.75, 3.05) is 26.2 Å². The number of nitro benzene ring substituents is 1. The Morgan fingerprint density at radius 3 is 2.78 bits per heavy atom. The van der Waals surface area contributed by atoms with Crippen LogP contribution in [-0.4, -0.2) is 48.0 Å². The summed E-state index contributed by atoms with van der Waals surface area (Å²) in [5.41, 5.74) is 0.739. The molecule has 27 heavy (non-hydrogen) atoms. The summed E-state index contributed by atoms with van der Waals surface area (Å²) in [4.78, 5) is 17.8. The fourth-order valence-corrected chi connectivity index (χ4v) is 3.46. The predicted molar refractivity (Wildman–Crippen MR) is 121 cm³/mol. The van der Waals surface area contributed by atoms with Crippen molar-refractivity contribution in [2.24, 2.45) is 4.99 Å². The predicted octanol–water partition coefficient (Wildman–Crippen LogP) is 3.53. The minimum Gasteiger partial charge on any atom is -0.357 e. The number of hydrogen-bond acceptors (Lipinski definition) is 4. The van der Waals surface area contributed by atoms with Crippen LogP contribution in [0.15, 0.2) is 29.3 Å². The van der Waals surface area contributed by atoms with E-state index in [0.29, 0.717) is 17.6 Å². The maximum Gasteiger partial charge on any atom is 0.274 e. The molecule has 0 radical (unpaired) electrons. The van der Waals surface area contributed by atoms with Gasteiger partial charge in [-0.1, -0.05) is 31.5 Å². The van der Waals surface area contributed by atoms with Crippen LogP contribution in [0, 0.1) is 10.1 Å². The Morgan fingerprint density at radius 1 is 1.30 bits per heavy atom. The molecule has 1 atom stereocenters. The zero-order valence-corrected chi connectivity index (χ0v) is 18.6. The zero-order valence-electron chi connectivity index (χ0n) is 16.3. The first-order valence-electron chi connectivity index (χ1n) is 9.64. The maximum atomic E-state index is 11.1. The number of benzene rings is 1. The monoisotopic (exact) mass is 489 g/mol. The highest BCUT2D eigenvalue weighted by Crippen LogP contribution is 2.19. The number of rotatable bonds is 8. The molecule has 2 N–H and O–H groups in total. The topological polar surface area (TPSA) is 82.8 Å². The van der Waals surface area contributed by atoms with Gasteiger partial charge in [-0.2, -0.15) is 0 Å². The third-order valence-corrected chi connectivity index (χ3v) is 4.85. The molecular formula is C19H32IN5O2. The normalized spacial score (nSPS) is 17.9. The van der Waals surface area contributed by atoms with E-state index in [1.807, 2.05) is 6.92 Å². The van der Waals surface area contributed by atoms with Gasteiger partial charge in [0.25, 0.3) is 5.69 Å². The molecule has 1 heterocycles. The van der Waals surface area contributed by atoms with Crippen LogP contribution < -0.4 is 10.6 Å². The van der Waals surface area contributed by atoms with Gasteiger partial charge in [0, 0.05) is 31.7 Å². The summed E-state index contributed by atoms with van der Waals surface area (Å²) in [5, 5.41) is 17.7. The van der Waals surface area contributed by atoms with Gasteiger partial charge in [0.05, 0.1) is 17.0 Å². The van der Waals surface area contributed by atoms with Crippen LogP contribution in [0.4, 0.5) is 5.69 Å². The summed E-state index contributed by atoms with van der Waals surface area (Å²) >= 11 is 0. The second kappa shape index (κ2) is 12.9. The Balaban J connectivity index is 0.00000364. The number of halogens is 1. The third kappa shape index (κ3) is 7.61. The van der Waals surface area contributed by atoms with E-state index in [0.717, 1.165) is 19.6 Å². The minimum atomic E-state index is -0.355. The van der Waals surface area contributed by atoms with Crippen molar-refractivity contribution in [3.63, 3.8) is 0 Å². The average molecular weight is 489 g/mol. The number of piperidine rings is 1. The Kier molecular flexibility index (Phi) is 11.3. The smallest absolute Gasteiger partial charge is 0.274 e. The van der Waals surface area contributed by atoms with E-state index in [4.69, 9.17) is 0 Å². The van der Waals surface area contributed by atoms with Gasteiger partial charge in [-0.05, 0) is 32.7 Å². The molecular weight excluding hydrogens is 457 g/mol. The highest BCUT2D eigenvalue weighted by Gasteiger charge is 2.20. The van der Waals surface area contributed by atoms with Gasteiger partial charge in [0.2, 0.25) is 0 Å². The van der Waals surface area contributed by atoms with Crippen LogP contribution in [-0.2, 0) is 6.54 Å². The second-order valence-electron chi connectivity index (χ2n) is 6.60. The van der Waals surface area contributed by atoms with Crippen LogP contribution in [0.1, 0.15) is 45.1 Å². The van der Waals surface area contributed by atoms with Gasteiger partial charge in [0.1, 0.15) is 0 Å². The number of nitrogens with one attached hydrogen (secondary N) is 2. The lowest BCUT2D eigenvalue weighted by Crippen LogP contribution is -2.45. The van der Waals surface area contributed by atoms with Crippen LogP contribution >= 0.6 is 24.0 Å². The van der Waals surface area contributed by atoms with Gasteiger partial charge in [0.15, 0.2) is 5.96 Å². The maximum absolute atomic E-state index is 11.1. The molecule has 8 heteroatoms. The second-order valence-corrected chi connectivity index (χ2v) is 6.60. The quantitative estimate of drug-likeness (QED) is 0.192. The molecule has 0 amide bonds. The summed E-state index contributed by atoms with van der Waals surface area (Å²) in [6.07, 6.45) is 5.11. The first-order valence-corrected chi connectivity index (χ1v) is 9.64. The van der Waals surface area contributed by atoms with Crippen molar-refractivity contribution in [1.29, 1.82) is 0 Å². The molecule has 2 rings (SSSR count). The van der Waals surface area contributed by atoms with Gasteiger partial charge >= 0.3 is 0 Å². The molecule has 1 aromatic rings. The SMILES string of the molecule is CCNC(=NCc1ccccc1[N+](=O)[O-])NCCN1CCCCC1CC.I. The molecule has 1 unspecified atom stereocenters. The lowest BCUT2D eigenvalue weighted by atomic mass is 10.0. The van der Waals surface area contributed by atoms with Crippen molar-refractivity contribution < 1.29 is 4.92 Å². The number of para-hydroxylation sites is 1. The average Bonchev–Trinajstić information content (AvgIpc) is 2.66. The van der Waals surface area contributed by atoms with Crippen molar-refractivity contribution in [3.8, 4) is 0 Å². The first-order chi connectivity index (χ1) is 12.7. The molecule has 0 spiro atoms. The summed E-state index contributed by atoms with van der Waals surface area (Å²) < 4.78 is 0. The summed E-state index contributed by atoms with van der Waals surface area (Å²) in [6, 6.07) is 7.45. The van der Waals surface area contributed by atoms with Crippen molar-refractivity contribution in [2.45, 2.75) is 52.1 Å². The van der Waals surface area contributed by atoms with E-state index < -0.39 is 0 Å². The molecule has 1 aromatic carbocycles. The number of hydrogen-bond donors (Lipinski definition) is 2. The largest absolute Gasteiger partial charge is 0.357 e. The summed E-state index contributed by atoms with van der Waals surface area (Å²) in [6.45, 7) is 8.30. The number of aliphatic imine (C=N–C) groups is 1. The summed E-state index contributed by atoms with van der Waals surface area (Å²) in [7, 11) is 0. The fourth-order valence-electron chi connectivity index (χ4n) is 3.46. The molecule has 152 valence electrons. The number of nitrogens with zero attached hydrogens (tertiary/aromatic N) is 3. The molecule has 1 aliphatic rings. The molecule has 1 aliphatic heterocycles. The molecule has 7 nitrogen and oxygen atoms in total. The van der Waals surface area contributed by atoms with E-state index >= 15 is 0 Å². The Morgan fingerprint density at radius 2 is 2.07 bits per heavy atom. The highest BCUT2D eigenvalue weighted by molar-refractivity contribution is 14.0. The fraction of sp³-hybridized carbons (Fsp3) is 0.632. The molecule has 1 saturated heterocycles. The molecule has 0 saturated carbocycles. The number of nitro groups is 1. The molecule has 0 aromatic heterocycles. The van der Waals surface area contributed by atoms with E-state index in [1.165, 1.54) is 38.3 Å². The van der Waals surface area contributed by atoms with Crippen LogP contribution in [0.2, 0.25) is 0 Å². The standard InChI is InChI=1S/C19H31N5O2.HI/c1-3-17-10-7-8-13-23(17)14-12-21-19(20-4-2)22-15-16-9-5-6-11-18(16)24(25)26;/h5-6,9,11,17H,3-4,7-8,10,12-15H2,1-2H3,(H2,20,21,22);1H. The van der Waals surface area contributed by atoms with Crippen LogP contribution in [0.5, 0.6) is 0 Å². The molecule has 1 fully saturated rings. The van der Waals surface area contributed by atoms with Gasteiger partial charge in [-0.25, -0.2) is 4.99 Å². The Labute approximate surface area is 179 Å². The Hall–Kier alpha value is -1.42. The van der Waals surface area contributed by atoms with Crippen LogP contribution in [0.25, 0.3) is 0 Å². The lowest BCUT2D eigenvalue weighted by Gasteiger charge is -2.35. The zero-order chi connectivity index (χ0) is 18.8. The van der Waals surface area contributed by atoms with E-state index in [2.05, 4.69) is 27.4 Å². The summed E-state index contributed by atoms with van der Waals surface area (Å²) in [5.74, 6) is 0.704. The van der Waals surface area contributed by atoms with E-state index in [9.17, 15) is 10.1 Å². The molecule has 0 aliphatic carbocycles. The van der Waals surface area contributed by atoms with E-state index in [1.54, 1.807) is 18.2 Å². The Bertz CT molecular complexity index is 612. The number of likely N-dealkylation sites (tertiary alicyclic amines) is 1. The van der Waals surface area contributed by atoms with Crippen LogP contribution in [0.3, 0.4) is 0 Å². The van der Waals surface area contributed by atoms with E-state index in [-0.39, 0.29) is 41.1 Å². The number of guanidine groups is 1. The lowest BCUT2D eigenvalue weighted by molar-refractivity contribution is -0.385. The third-order valence-electron chi connectivity index (χ3n) is 4.85. The van der Waals surface area contributed by atoms with Gasteiger partial charge in [-0.15, -0.1) is 24.0 Å². The van der Waals surface area contributed by atoms with Crippen molar-refractivity contribution in [3.05, 3.63) is 39.9 Å². The van der Waals surface area contributed by atoms with Crippen molar-refractivity contribution >= 4 is 35.6 Å².